The molecule has 2 aliphatic rings. The number of imidazole rings is 2. The van der Waals surface area contributed by atoms with Crippen LogP contribution in [0.25, 0.3) is 33.6 Å². The van der Waals surface area contributed by atoms with Crippen LogP contribution < -0.4 is 5.32 Å². The Bertz CT molecular complexity index is 2050. The first-order chi connectivity index (χ1) is 26.5. The molecule has 16 heteroatoms. The zero-order chi connectivity index (χ0) is 40.5. The van der Waals surface area contributed by atoms with E-state index in [9.17, 15) is 34.5 Å². The van der Waals surface area contributed by atoms with E-state index in [1.54, 1.807) is 22.2 Å². The van der Waals surface area contributed by atoms with Gasteiger partial charge in [-0.1, -0.05) is 48.5 Å². The molecule has 4 atom stereocenters. The van der Waals surface area contributed by atoms with Gasteiger partial charge in [0.15, 0.2) is 0 Å². The largest absolute Gasteiger partial charge is 0.465 e. The number of carboxylic acid groups (broad SMARTS) is 1. The number of H-pyrrole nitrogens is 2. The Morgan fingerprint density at radius 1 is 0.768 bits per heavy atom. The number of nitrogens with one attached hydrogen (secondary N) is 3. The number of carbonyl (C=O) groups is 4. The smallest absolute Gasteiger partial charge is 0.407 e. The summed E-state index contributed by atoms with van der Waals surface area (Å²) in [6.45, 7) is 6.68. The van der Waals surface area contributed by atoms with Crippen LogP contribution in [0.5, 0.6) is 0 Å². The molecule has 2 saturated heterocycles. The fourth-order valence-corrected chi connectivity index (χ4v) is 7.71. The van der Waals surface area contributed by atoms with Crippen molar-refractivity contribution in [2.45, 2.75) is 88.7 Å². The SMILES string of the molecule is COC(=O)N[C@H](C(=O)N1CCC[C@H]1c1ncc(-c2ccc(-c3ccc(-c4cnc([C@@H]5CCCN5C(=O)[C@@H](N(C)C(=O)O)C(C)(C)O)[nH]4)cc3)cc2)[nH]1)C(C)(C)O. The van der Waals surface area contributed by atoms with Gasteiger partial charge < -0.3 is 45.1 Å². The summed E-state index contributed by atoms with van der Waals surface area (Å²) >= 11 is 0. The van der Waals surface area contributed by atoms with Crippen molar-refractivity contribution in [2.24, 2.45) is 0 Å². The first-order valence-electron chi connectivity index (χ1n) is 18.6. The topological polar surface area (TPSA) is 217 Å². The van der Waals surface area contributed by atoms with E-state index in [4.69, 9.17) is 0 Å². The van der Waals surface area contributed by atoms with Gasteiger partial charge in [-0.15, -0.1) is 0 Å². The van der Waals surface area contributed by atoms with Crippen LogP contribution in [-0.4, -0.2) is 124 Å². The number of likely N-dealkylation sites (N-methyl/N-ethyl adjacent to an activating group) is 1. The molecule has 4 amide bonds. The predicted molar refractivity (Wildman–Crippen MR) is 206 cm³/mol. The standard InChI is InChI=1S/C40H50N8O8/c1-39(2,54)31(45-37(51)56-6)35(49)47-19-7-9-29(47)33-41-21-27(43-33)25-15-11-23(12-16-25)24-13-17-26(18-14-24)28-22-42-34(44-28)30-10-8-20-48(30)36(50)32(40(3,4)55)46(5)38(52)53/h11-18,21-22,29-32,54-55H,7-10,19-20H2,1-6H3,(H,41,43)(H,42,44)(H,45,51)(H,52,53)/t29-,30-,31+,32+/m0/s1. The van der Waals surface area contributed by atoms with E-state index < -0.39 is 47.3 Å². The second-order valence-corrected chi connectivity index (χ2v) is 15.6. The van der Waals surface area contributed by atoms with Gasteiger partial charge in [-0.2, -0.15) is 0 Å². The highest BCUT2D eigenvalue weighted by molar-refractivity contribution is 5.88. The first kappa shape index (κ1) is 39.9. The van der Waals surface area contributed by atoms with Gasteiger partial charge in [0.2, 0.25) is 11.8 Å². The number of aromatic amines is 2. The number of rotatable bonds is 11. The van der Waals surface area contributed by atoms with Crippen molar-refractivity contribution in [3.63, 3.8) is 0 Å². The Morgan fingerprint density at radius 3 is 1.59 bits per heavy atom. The first-order valence-corrected chi connectivity index (χ1v) is 18.6. The number of ether oxygens (including phenoxy) is 1. The Labute approximate surface area is 324 Å². The fourth-order valence-electron chi connectivity index (χ4n) is 7.71. The number of hydrogen-bond donors (Lipinski definition) is 6. The number of nitrogens with zero attached hydrogens (tertiary/aromatic N) is 5. The summed E-state index contributed by atoms with van der Waals surface area (Å²) in [7, 11) is 2.49. The molecule has 56 heavy (non-hydrogen) atoms. The second-order valence-electron chi connectivity index (χ2n) is 15.6. The van der Waals surface area contributed by atoms with E-state index in [1.165, 1.54) is 41.9 Å². The maximum atomic E-state index is 13.6. The highest BCUT2D eigenvalue weighted by Crippen LogP contribution is 2.36. The molecule has 0 saturated carbocycles. The van der Waals surface area contributed by atoms with E-state index in [1.807, 2.05) is 48.5 Å². The van der Waals surface area contributed by atoms with Gasteiger partial charge in [0.05, 0.1) is 54.2 Å². The molecule has 6 N–H and O–H groups in total. The van der Waals surface area contributed by atoms with Crippen LogP contribution in [0.1, 0.15) is 77.1 Å². The summed E-state index contributed by atoms with van der Waals surface area (Å²) < 4.78 is 4.68. The van der Waals surface area contributed by atoms with E-state index in [-0.39, 0.29) is 12.1 Å². The molecule has 298 valence electrons. The van der Waals surface area contributed by atoms with Crippen LogP contribution >= 0.6 is 0 Å². The number of amides is 4. The van der Waals surface area contributed by atoms with Gasteiger partial charge in [0.25, 0.3) is 0 Å². The number of methoxy groups -OCH3 is 1. The molecule has 4 heterocycles. The monoisotopic (exact) mass is 770 g/mol. The van der Waals surface area contributed by atoms with Crippen LogP contribution in [0.15, 0.2) is 60.9 Å². The van der Waals surface area contributed by atoms with Crippen LogP contribution in [0, 0.1) is 0 Å². The Morgan fingerprint density at radius 2 is 1.20 bits per heavy atom. The van der Waals surface area contributed by atoms with E-state index in [0.717, 1.165) is 51.4 Å². The zero-order valence-electron chi connectivity index (χ0n) is 32.4. The van der Waals surface area contributed by atoms with Crippen molar-refractivity contribution in [3.05, 3.63) is 72.6 Å². The molecular weight excluding hydrogens is 720 g/mol. The van der Waals surface area contributed by atoms with E-state index in [0.29, 0.717) is 37.6 Å². The number of likely N-dealkylation sites (tertiary alicyclic amines) is 2. The average molecular weight is 771 g/mol. The third-order valence-electron chi connectivity index (χ3n) is 10.6. The summed E-state index contributed by atoms with van der Waals surface area (Å²) in [5.74, 6) is 0.339. The van der Waals surface area contributed by atoms with Crippen molar-refractivity contribution in [1.82, 2.24) is 40.0 Å². The second kappa shape index (κ2) is 15.8. The highest BCUT2D eigenvalue weighted by atomic mass is 16.5. The summed E-state index contributed by atoms with van der Waals surface area (Å²) in [4.78, 5) is 70.9. The number of carbonyl (C=O) groups excluding carboxylic acids is 3. The minimum atomic E-state index is -1.59. The predicted octanol–water partition coefficient (Wildman–Crippen LogP) is 4.71. The molecule has 0 radical (unpaired) electrons. The van der Waals surface area contributed by atoms with Crippen molar-refractivity contribution >= 4 is 24.0 Å². The van der Waals surface area contributed by atoms with Crippen LogP contribution in [-0.2, 0) is 14.3 Å². The maximum absolute atomic E-state index is 13.6. The third-order valence-corrected chi connectivity index (χ3v) is 10.6. The fraction of sp³-hybridized carbons (Fsp3) is 0.450. The van der Waals surface area contributed by atoms with Crippen LogP contribution in [0.3, 0.4) is 0 Å². The van der Waals surface area contributed by atoms with E-state index >= 15 is 0 Å². The molecule has 0 spiro atoms. The van der Waals surface area contributed by atoms with Gasteiger partial charge in [-0.05, 0) is 75.6 Å². The molecule has 2 aromatic carbocycles. The van der Waals surface area contributed by atoms with Crippen molar-refractivity contribution in [1.29, 1.82) is 0 Å². The van der Waals surface area contributed by atoms with Crippen molar-refractivity contribution in [3.8, 4) is 33.6 Å². The molecule has 4 aromatic rings. The Balaban J connectivity index is 1.12. The summed E-state index contributed by atoms with van der Waals surface area (Å²) in [5.41, 5.74) is 2.27. The Hall–Kier alpha value is -5.74. The highest BCUT2D eigenvalue weighted by Gasteiger charge is 2.45. The Kier molecular flexibility index (Phi) is 11.3. The van der Waals surface area contributed by atoms with Gasteiger partial charge in [0, 0.05) is 20.1 Å². The van der Waals surface area contributed by atoms with Crippen molar-refractivity contribution in [2.75, 3.05) is 27.2 Å². The third kappa shape index (κ3) is 8.26. The summed E-state index contributed by atoms with van der Waals surface area (Å²) in [6, 6.07) is 12.8. The van der Waals surface area contributed by atoms with Gasteiger partial charge >= 0.3 is 12.2 Å². The molecule has 16 nitrogen and oxygen atoms in total. The van der Waals surface area contributed by atoms with Crippen LogP contribution in [0.2, 0.25) is 0 Å². The van der Waals surface area contributed by atoms with Gasteiger partial charge in [-0.3, -0.25) is 14.5 Å². The molecule has 0 unspecified atom stereocenters. The zero-order valence-corrected chi connectivity index (χ0v) is 32.4. The number of hydrogen-bond acceptors (Lipinski definition) is 9. The molecule has 6 rings (SSSR count). The van der Waals surface area contributed by atoms with Crippen molar-refractivity contribution < 1.29 is 39.2 Å². The molecule has 2 fully saturated rings. The lowest BCUT2D eigenvalue weighted by Gasteiger charge is -2.37. The lowest BCUT2D eigenvalue weighted by atomic mass is 9.96. The van der Waals surface area contributed by atoms with Crippen LogP contribution in [0.4, 0.5) is 9.59 Å². The minimum absolute atomic E-state index is 0.347. The maximum Gasteiger partial charge on any atom is 0.407 e. The molecule has 2 aromatic heterocycles. The summed E-state index contributed by atoms with van der Waals surface area (Å²) in [6.07, 6.45) is 4.16. The van der Waals surface area contributed by atoms with E-state index in [2.05, 4.69) is 30.0 Å². The van der Waals surface area contributed by atoms with Gasteiger partial charge in [0.1, 0.15) is 23.7 Å². The van der Waals surface area contributed by atoms with Gasteiger partial charge in [-0.25, -0.2) is 19.6 Å². The molecule has 2 aliphatic heterocycles. The summed E-state index contributed by atoms with van der Waals surface area (Å²) in [5, 5.41) is 33.4. The average Bonchev–Trinajstić information content (AvgIpc) is 3.99. The minimum Gasteiger partial charge on any atom is -0.465 e. The normalized spacial score (nSPS) is 18.4. The lowest BCUT2D eigenvalue weighted by Crippen LogP contribution is -2.58. The quantitative estimate of drug-likeness (QED) is 0.124. The molecular formula is C40H50N8O8. The number of aromatic nitrogens is 4. The lowest BCUT2D eigenvalue weighted by molar-refractivity contribution is -0.145. The number of benzene rings is 2. The number of alkyl carbamates (subject to hydrolysis) is 1. The number of aliphatic hydroxyl groups is 2. The molecule has 0 bridgehead atoms. The molecule has 0 aliphatic carbocycles.